The van der Waals surface area contributed by atoms with Crippen LogP contribution in [-0.2, 0) is 21.9 Å². The fourth-order valence-corrected chi connectivity index (χ4v) is 2.49. The summed E-state index contributed by atoms with van der Waals surface area (Å²) in [6.07, 6.45) is -8.38. The van der Waals surface area contributed by atoms with Crippen LogP contribution in [-0.4, -0.2) is 24.6 Å². The number of hydrogen-bond acceptors (Lipinski definition) is 3. The van der Waals surface area contributed by atoms with Crippen molar-refractivity contribution < 1.29 is 35.9 Å². The standard InChI is InChI=1S/C18H16F6N2O2/c1-28-10-8-14(27)26-15(11-4-6-12(7-5-11)17(19,20)21)16-13(18(22,23)24)3-2-9-25-16/h2-7,9,15H,8,10H2,1H3,(H,26,27). The molecule has 1 aromatic heterocycles. The van der Waals surface area contributed by atoms with E-state index in [9.17, 15) is 31.1 Å². The predicted molar refractivity (Wildman–Crippen MR) is 87.2 cm³/mol. The van der Waals surface area contributed by atoms with Gasteiger partial charge in [-0.1, -0.05) is 12.1 Å². The Morgan fingerprint density at radius 2 is 1.71 bits per heavy atom. The quantitative estimate of drug-likeness (QED) is 0.726. The zero-order valence-electron chi connectivity index (χ0n) is 14.6. The molecule has 1 unspecified atom stereocenters. The zero-order valence-corrected chi connectivity index (χ0v) is 14.6. The number of methoxy groups -OCH3 is 1. The third-order valence-electron chi connectivity index (χ3n) is 3.83. The van der Waals surface area contributed by atoms with Gasteiger partial charge in [-0.25, -0.2) is 0 Å². The maximum Gasteiger partial charge on any atom is 0.418 e. The maximum absolute atomic E-state index is 13.4. The summed E-state index contributed by atoms with van der Waals surface area (Å²) >= 11 is 0. The van der Waals surface area contributed by atoms with Crippen LogP contribution in [0.2, 0.25) is 0 Å². The molecule has 10 heteroatoms. The van der Waals surface area contributed by atoms with E-state index in [1.54, 1.807) is 0 Å². The smallest absolute Gasteiger partial charge is 0.384 e. The maximum atomic E-state index is 13.4. The van der Waals surface area contributed by atoms with Gasteiger partial charge in [0.25, 0.3) is 0 Å². The Morgan fingerprint density at radius 3 is 2.25 bits per heavy atom. The van der Waals surface area contributed by atoms with E-state index < -0.39 is 41.1 Å². The van der Waals surface area contributed by atoms with Crippen molar-refractivity contribution in [2.75, 3.05) is 13.7 Å². The number of halogens is 6. The molecule has 1 amide bonds. The molecule has 1 atom stereocenters. The summed E-state index contributed by atoms with van der Waals surface area (Å²) in [5.41, 5.74) is -2.53. The highest BCUT2D eigenvalue weighted by atomic mass is 19.4. The van der Waals surface area contributed by atoms with Crippen molar-refractivity contribution in [3.63, 3.8) is 0 Å². The lowest BCUT2D eigenvalue weighted by atomic mass is 9.97. The highest BCUT2D eigenvalue weighted by Gasteiger charge is 2.37. The van der Waals surface area contributed by atoms with E-state index >= 15 is 0 Å². The highest BCUT2D eigenvalue weighted by molar-refractivity contribution is 5.77. The fourth-order valence-electron chi connectivity index (χ4n) is 2.49. The van der Waals surface area contributed by atoms with Crippen LogP contribution in [0.5, 0.6) is 0 Å². The Labute approximate surface area is 156 Å². The Bertz CT molecular complexity index is 803. The van der Waals surface area contributed by atoms with Crippen molar-refractivity contribution in [3.05, 3.63) is 65.0 Å². The van der Waals surface area contributed by atoms with Crippen LogP contribution in [0.1, 0.15) is 34.8 Å². The molecule has 2 rings (SSSR count). The number of nitrogens with zero attached hydrogens (tertiary/aromatic N) is 1. The van der Waals surface area contributed by atoms with Gasteiger partial charge in [-0.05, 0) is 29.8 Å². The normalized spacial score (nSPS) is 13.2. The van der Waals surface area contributed by atoms with Gasteiger partial charge in [-0.3, -0.25) is 9.78 Å². The van der Waals surface area contributed by atoms with Crippen LogP contribution in [0, 0.1) is 0 Å². The number of ether oxygens (including phenoxy) is 1. The molecule has 0 saturated heterocycles. The lowest BCUT2D eigenvalue weighted by Gasteiger charge is -2.22. The first-order chi connectivity index (χ1) is 13.0. The van der Waals surface area contributed by atoms with Crippen LogP contribution in [0.3, 0.4) is 0 Å². The minimum atomic E-state index is -4.76. The zero-order chi connectivity index (χ0) is 20.9. The number of alkyl halides is 6. The number of amides is 1. The molecule has 0 saturated carbocycles. The molecule has 28 heavy (non-hydrogen) atoms. The number of benzene rings is 1. The van der Waals surface area contributed by atoms with E-state index in [-0.39, 0.29) is 18.6 Å². The summed E-state index contributed by atoms with van der Waals surface area (Å²) in [7, 11) is 1.35. The van der Waals surface area contributed by atoms with Gasteiger partial charge in [0, 0.05) is 19.7 Å². The molecular weight excluding hydrogens is 390 g/mol. The molecule has 0 spiro atoms. The SMILES string of the molecule is COCCC(=O)NC(c1ccc(C(F)(F)F)cc1)c1ncccc1C(F)(F)F. The van der Waals surface area contributed by atoms with E-state index in [2.05, 4.69) is 10.3 Å². The molecule has 1 aromatic carbocycles. The Morgan fingerprint density at radius 1 is 1.07 bits per heavy atom. The molecule has 0 aliphatic carbocycles. The van der Waals surface area contributed by atoms with E-state index in [0.717, 1.165) is 42.6 Å². The number of aromatic nitrogens is 1. The van der Waals surface area contributed by atoms with Gasteiger partial charge in [-0.15, -0.1) is 0 Å². The molecular formula is C18H16F6N2O2. The average Bonchev–Trinajstić information content (AvgIpc) is 2.63. The average molecular weight is 406 g/mol. The minimum Gasteiger partial charge on any atom is -0.384 e. The third kappa shape index (κ3) is 5.44. The molecule has 0 bridgehead atoms. The van der Waals surface area contributed by atoms with Crippen LogP contribution in [0.25, 0.3) is 0 Å². The van der Waals surface area contributed by atoms with Crippen molar-refractivity contribution in [1.82, 2.24) is 10.3 Å². The molecule has 0 aliphatic rings. The van der Waals surface area contributed by atoms with Gasteiger partial charge in [0.1, 0.15) is 0 Å². The van der Waals surface area contributed by atoms with E-state index in [4.69, 9.17) is 4.74 Å². The first-order valence-electron chi connectivity index (χ1n) is 8.01. The van der Waals surface area contributed by atoms with Crippen molar-refractivity contribution >= 4 is 5.91 Å². The highest BCUT2D eigenvalue weighted by Crippen LogP contribution is 2.36. The summed E-state index contributed by atoms with van der Waals surface area (Å²) in [5, 5.41) is 2.39. The third-order valence-corrected chi connectivity index (χ3v) is 3.83. The number of rotatable bonds is 6. The second kappa shape index (κ2) is 8.59. The molecule has 152 valence electrons. The number of nitrogens with one attached hydrogen (secondary N) is 1. The lowest BCUT2D eigenvalue weighted by molar-refractivity contribution is -0.139. The van der Waals surface area contributed by atoms with Gasteiger partial charge in [0.05, 0.1) is 29.5 Å². The predicted octanol–water partition coefficient (Wildman–Crippen LogP) is 4.36. The monoisotopic (exact) mass is 406 g/mol. The van der Waals surface area contributed by atoms with Gasteiger partial charge < -0.3 is 10.1 Å². The first kappa shape index (κ1) is 21.7. The summed E-state index contributed by atoms with van der Waals surface area (Å²) in [6.45, 7) is 0.0277. The lowest BCUT2D eigenvalue weighted by Crippen LogP contribution is -2.32. The second-order valence-corrected chi connectivity index (χ2v) is 5.80. The Kier molecular flexibility index (Phi) is 6.65. The Hall–Kier alpha value is -2.62. The summed E-state index contributed by atoms with van der Waals surface area (Å²) in [4.78, 5) is 15.8. The largest absolute Gasteiger partial charge is 0.418 e. The van der Waals surface area contributed by atoms with Crippen LogP contribution < -0.4 is 5.32 Å². The first-order valence-corrected chi connectivity index (χ1v) is 8.01. The Balaban J connectivity index is 2.48. The minimum absolute atomic E-state index is 0.0277. The summed E-state index contributed by atoms with van der Waals surface area (Å²) in [5.74, 6) is -0.634. The molecule has 2 aromatic rings. The van der Waals surface area contributed by atoms with Gasteiger partial charge in [-0.2, -0.15) is 26.3 Å². The van der Waals surface area contributed by atoms with Crippen LogP contribution >= 0.6 is 0 Å². The number of hydrogen-bond donors (Lipinski definition) is 1. The van der Waals surface area contributed by atoms with Crippen molar-refractivity contribution in [3.8, 4) is 0 Å². The van der Waals surface area contributed by atoms with Crippen LogP contribution in [0.4, 0.5) is 26.3 Å². The molecule has 0 radical (unpaired) electrons. The molecule has 0 fully saturated rings. The molecule has 0 aliphatic heterocycles. The fraction of sp³-hybridized carbons (Fsp3) is 0.333. The van der Waals surface area contributed by atoms with Gasteiger partial charge in [0.15, 0.2) is 0 Å². The summed E-state index contributed by atoms with van der Waals surface area (Å²) in [6, 6.07) is 3.99. The molecule has 1 N–H and O–H groups in total. The number of carbonyl (C=O) groups is 1. The topological polar surface area (TPSA) is 51.2 Å². The van der Waals surface area contributed by atoms with E-state index in [1.807, 2.05) is 0 Å². The number of pyridine rings is 1. The van der Waals surface area contributed by atoms with E-state index in [1.165, 1.54) is 7.11 Å². The van der Waals surface area contributed by atoms with E-state index in [0.29, 0.717) is 0 Å². The van der Waals surface area contributed by atoms with Crippen molar-refractivity contribution in [2.45, 2.75) is 24.8 Å². The second-order valence-electron chi connectivity index (χ2n) is 5.80. The van der Waals surface area contributed by atoms with Gasteiger partial charge in [0.2, 0.25) is 5.91 Å². The number of carbonyl (C=O) groups excluding carboxylic acids is 1. The molecule has 4 nitrogen and oxygen atoms in total. The van der Waals surface area contributed by atoms with Crippen molar-refractivity contribution in [1.29, 1.82) is 0 Å². The van der Waals surface area contributed by atoms with Crippen molar-refractivity contribution in [2.24, 2.45) is 0 Å². The molecule has 1 heterocycles. The van der Waals surface area contributed by atoms with Crippen LogP contribution in [0.15, 0.2) is 42.6 Å². The summed E-state index contributed by atoms with van der Waals surface area (Å²) < 4.78 is 83.2. The van der Waals surface area contributed by atoms with Gasteiger partial charge >= 0.3 is 12.4 Å².